The molecule has 10 aromatic carbocycles. The molecule has 0 spiro atoms. The largest absolute Gasteiger partial charge is 0.0622 e. The highest BCUT2D eigenvalue weighted by Gasteiger charge is 2.33. The summed E-state index contributed by atoms with van der Waals surface area (Å²) in [6.07, 6.45) is 4.55. The molecule has 0 unspecified atom stereocenters. The fourth-order valence-electron chi connectivity index (χ4n) is 10.5. The summed E-state index contributed by atoms with van der Waals surface area (Å²) in [5.41, 5.74) is 19.8. The molecule has 0 aliphatic heterocycles. The topological polar surface area (TPSA) is 0 Å². The Balaban J connectivity index is 1.31. The molecule has 0 saturated carbocycles. The SMILES string of the molecule is Cc1cc(C)c(-c2c3c(c(-c4ccccc4-c4ccccc4)c4ccccc24)-c2ccc4c5ccc6c7c(ccc(c8ccc-3c2c48)c75)C=C6)c(C)c1. The van der Waals surface area contributed by atoms with Gasteiger partial charge < -0.3 is 0 Å². The number of fused-ring (bicyclic) bond motifs is 6. The zero-order valence-electron chi connectivity index (χ0n) is 29.9. The third-order valence-corrected chi connectivity index (χ3v) is 12.4. The van der Waals surface area contributed by atoms with E-state index in [1.54, 1.807) is 0 Å². The lowest BCUT2D eigenvalue weighted by Gasteiger charge is -2.24. The van der Waals surface area contributed by atoms with Gasteiger partial charge in [-0.2, -0.15) is 0 Å². The van der Waals surface area contributed by atoms with Gasteiger partial charge in [-0.05, 0) is 153 Å². The second-order valence-corrected chi connectivity index (χ2v) is 15.3. The van der Waals surface area contributed by atoms with Crippen LogP contribution in [-0.2, 0) is 0 Å². The van der Waals surface area contributed by atoms with Crippen LogP contribution in [0.15, 0.2) is 140 Å². The summed E-state index contributed by atoms with van der Waals surface area (Å²) in [7, 11) is 0. The first kappa shape index (κ1) is 29.1. The molecular weight excluding hydrogens is 637 g/mol. The van der Waals surface area contributed by atoms with Crippen molar-refractivity contribution in [1.82, 2.24) is 0 Å². The minimum Gasteiger partial charge on any atom is -0.0622 e. The van der Waals surface area contributed by atoms with Gasteiger partial charge in [0.05, 0.1) is 0 Å². The van der Waals surface area contributed by atoms with Crippen LogP contribution < -0.4 is 0 Å². The van der Waals surface area contributed by atoms with Crippen molar-refractivity contribution in [3.8, 4) is 55.6 Å². The molecule has 12 rings (SSSR count). The average Bonchev–Trinajstić information content (AvgIpc) is 3.77. The molecule has 0 fully saturated rings. The molecule has 0 atom stereocenters. The summed E-state index contributed by atoms with van der Waals surface area (Å²) in [6.45, 7) is 6.82. The van der Waals surface area contributed by atoms with Crippen molar-refractivity contribution in [3.63, 3.8) is 0 Å². The van der Waals surface area contributed by atoms with Crippen molar-refractivity contribution < 1.29 is 0 Å². The first-order chi connectivity index (χ1) is 26.1. The van der Waals surface area contributed by atoms with Gasteiger partial charge in [0.15, 0.2) is 0 Å². The second kappa shape index (κ2) is 10.3. The highest BCUT2D eigenvalue weighted by atomic mass is 14.4. The molecule has 246 valence electrons. The van der Waals surface area contributed by atoms with Crippen molar-refractivity contribution in [2.45, 2.75) is 20.8 Å². The van der Waals surface area contributed by atoms with Crippen LogP contribution in [0.3, 0.4) is 0 Å². The molecule has 0 amide bonds. The Labute approximate surface area is 308 Å². The summed E-state index contributed by atoms with van der Waals surface area (Å²) >= 11 is 0. The van der Waals surface area contributed by atoms with Gasteiger partial charge in [0.25, 0.3) is 0 Å². The van der Waals surface area contributed by atoms with Gasteiger partial charge in [-0.1, -0.05) is 157 Å². The Hall–Kier alpha value is -6.50. The van der Waals surface area contributed by atoms with Gasteiger partial charge >= 0.3 is 0 Å². The molecule has 0 radical (unpaired) electrons. The third kappa shape index (κ3) is 3.70. The first-order valence-electron chi connectivity index (χ1n) is 18.8. The van der Waals surface area contributed by atoms with Crippen LogP contribution in [0.4, 0.5) is 0 Å². The summed E-state index contributed by atoms with van der Waals surface area (Å²) in [5, 5.41) is 13.5. The molecule has 0 heteroatoms. The van der Waals surface area contributed by atoms with Crippen LogP contribution in [0.1, 0.15) is 27.8 Å². The van der Waals surface area contributed by atoms with E-state index in [0.29, 0.717) is 0 Å². The third-order valence-electron chi connectivity index (χ3n) is 12.4. The maximum absolute atomic E-state index is 2.45. The van der Waals surface area contributed by atoms with E-state index in [2.05, 4.69) is 172 Å². The predicted octanol–water partition coefficient (Wildman–Crippen LogP) is 14.9. The molecule has 0 saturated heterocycles. The number of hydrogen-bond acceptors (Lipinski definition) is 0. The second-order valence-electron chi connectivity index (χ2n) is 15.3. The Kier molecular flexibility index (Phi) is 5.66. The normalized spacial score (nSPS) is 12.7. The Morgan fingerprint density at radius 2 is 0.792 bits per heavy atom. The molecule has 0 aromatic heterocycles. The van der Waals surface area contributed by atoms with Gasteiger partial charge in [-0.25, -0.2) is 0 Å². The van der Waals surface area contributed by atoms with Crippen molar-refractivity contribution in [3.05, 3.63) is 167 Å². The summed E-state index contributed by atoms with van der Waals surface area (Å²) in [4.78, 5) is 0. The van der Waals surface area contributed by atoms with Crippen LogP contribution in [0.5, 0.6) is 0 Å². The minimum absolute atomic E-state index is 1.23. The van der Waals surface area contributed by atoms with Crippen LogP contribution in [0.2, 0.25) is 0 Å². The standard InChI is InChI=1S/C53H34/c1-29-27-30(2)45(31(3)28-29)51-38-16-10-9-15-37(38)49(36-14-8-7-13-35(36)32-11-5-4-6-12-32)52-43-25-23-41-39-21-19-33-17-18-34-20-22-40(47(39)46(33)34)42-24-26-44(53(51)52)50(43)48(41)42/h4-28H,1-3H3. The van der Waals surface area contributed by atoms with E-state index in [-0.39, 0.29) is 0 Å². The number of benzene rings is 10. The van der Waals surface area contributed by atoms with E-state index in [0.717, 1.165) is 0 Å². The van der Waals surface area contributed by atoms with Crippen LogP contribution in [0, 0.1) is 20.8 Å². The molecule has 10 aromatic rings. The van der Waals surface area contributed by atoms with E-state index in [4.69, 9.17) is 0 Å². The van der Waals surface area contributed by atoms with E-state index < -0.39 is 0 Å². The fourth-order valence-corrected chi connectivity index (χ4v) is 10.5. The summed E-state index contributed by atoms with van der Waals surface area (Å²) in [6, 6.07) is 53.0. The number of aryl methyl sites for hydroxylation is 3. The van der Waals surface area contributed by atoms with Crippen molar-refractivity contribution in [1.29, 1.82) is 0 Å². The molecule has 0 heterocycles. The molecule has 0 nitrogen and oxygen atoms in total. The highest BCUT2D eigenvalue weighted by Crippen LogP contribution is 2.61. The van der Waals surface area contributed by atoms with Crippen LogP contribution >= 0.6 is 0 Å². The molecule has 2 aliphatic rings. The Bertz CT molecular complexity index is 3200. The zero-order chi connectivity index (χ0) is 35.1. The van der Waals surface area contributed by atoms with Gasteiger partial charge in [0.1, 0.15) is 0 Å². The smallest absolute Gasteiger partial charge is 0.000718 e. The number of rotatable bonds is 3. The molecule has 0 N–H and O–H groups in total. The van der Waals surface area contributed by atoms with E-state index in [9.17, 15) is 0 Å². The lowest BCUT2D eigenvalue weighted by molar-refractivity contribution is 1.32. The van der Waals surface area contributed by atoms with Gasteiger partial charge in [0.2, 0.25) is 0 Å². The van der Waals surface area contributed by atoms with Crippen molar-refractivity contribution >= 4 is 66.0 Å². The van der Waals surface area contributed by atoms with Gasteiger partial charge in [-0.3, -0.25) is 0 Å². The monoisotopic (exact) mass is 670 g/mol. The lowest BCUT2D eigenvalue weighted by atomic mass is 9.79. The Morgan fingerprint density at radius 1 is 0.302 bits per heavy atom. The van der Waals surface area contributed by atoms with Crippen molar-refractivity contribution in [2.75, 3.05) is 0 Å². The number of hydrogen-bond donors (Lipinski definition) is 0. The maximum atomic E-state index is 2.45. The molecule has 53 heavy (non-hydrogen) atoms. The van der Waals surface area contributed by atoms with Crippen LogP contribution in [0.25, 0.3) is 122 Å². The fraction of sp³-hybridized carbons (Fsp3) is 0.0566. The minimum atomic E-state index is 1.23. The molecule has 2 aliphatic carbocycles. The predicted molar refractivity (Wildman–Crippen MR) is 229 cm³/mol. The van der Waals surface area contributed by atoms with E-state index >= 15 is 0 Å². The Morgan fingerprint density at radius 3 is 1.42 bits per heavy atom. The lowest BCUT2D eigenvalue weighted by Crippen LogP contribution is -1.98. The van der Waals surface area contributed by atoms with Gasteiger partial charge in [-0.15, -0.1) is 0 Å². The highest BCUT2D eigenvalue weighted by molar-refractivity contribution is 6.40. The van der Waals surface area contributed by atoms with Crippen molar-refractivity contribution in [2.24, 2.45) is 0 Å². The molecular formula is C53H34. The van der Waals surface area contributed by atoms with E-state index in [1.807, 2.05) is 0 Å². The first-order valence-corrected chi connectivity index (χ1v) is 18.8. The molecule has 0 bridgehead atoms. The average molecular weight is 671 g/mol. The zero-order valence-corrected chi connectivity index (χ0v) is 29.9. The summed E-state index contributed by atoms with van der Waals surface area (Å²) < 4.78 is 0. The van der Waals surface area contributed by atoms with E-state index in [1.165, 1.54) is 137 Å². The van der Waals surface area contributed by atoms with Crippen LogP contribution in [-0.4, -0.2) is 0 Å². The summed E-state index contributed by atoms with van der Waals surface area (Å²) in [5.74, 6) is 0. The van der Waals surface area contributed by atoms with Gasteiger partial charge in [0, 0.05) is 0 Å². The quantitative estimate of drug-likeness (QED) is 0.130. The maximum Gasteiger partial charge on any atom is -0.000718 e.